The topological polar surface area (TPSA) is 64.7 Å². The van der Waals surface area contributed by atoms with Gasteiger partial charge < -0.3 is 5.32 Å². The Bertz CT molecular complexity index is 920. The number of amides is 1. The second kappa shape index (κ2) is 8.41. The van der Waals surface area contributed by atoms with E-state index in [1.807, 2.05) is 35.9 Å². The Morgan fingerprint density at radius 2 is 2.00 bits per heavy atom. The zero-order chi connectivity index (χ0) is 18.7. The summed E-state index contributed by atoms with van der Waals surface area (Å²) in [6.07, 6.45) is 3.76. The summed E-state index contributed by atoms with van der Waals surface area (Å²) in [5.74, 6) is 0.200. The molecular weight excluding hydrogens is 488 g/mol. The first kappa shape index (κ1) is 19.2. The number of hydrogen-bond acceptors (Lipinski definition) is 3. The van der Waals surface area contributed by atoms with Gasteiger partial charge >= 0.3 is 0 Å². The SMILES string of the molecule is Cc1c(I)cnn1CCC(=O)Nc1nn(Cc2ccc(Cl)cc2)cc1Cl. The zero-order valence-corrected chi connectivity index (χ0v) is 17.6. The summed E-state index contributed by atoms with van der Waals surface area (Å²) in [7, 11) is 0. The minimum Gasteiger partial charge on any atom is -0.308 e. The molecule has 2 heterocycles. The Labute approximate surface area is 174 Å². The second-order valence-corrected chi connectivity index (χ2v) is 7.75. The third-order valence-electron chi connectivity index (χ3n) is 3.83. The first-order valence-corrected chi connectivity index (χ1v) is 9.71. The lowest BCUT2D eigenvalue weighted by Crippen LogP contribution is -2.16. The van der Waals surface area contributed by atoms with Crippen LogP contribution in [0.3, 0.4) is 0 Å². The summed E-state index contributed by atoms with van der Waals surface area (Å²) in [5.41, 5.74) is 2.08. The van der Waals surface area contributed by atoms with Gasteiger partial charge in [0, 0.05) is 23.3 Å². The van der Waals surface area contributed by atoms with E-state index in [0.29, 0.717) is 35.4 Å². The van der Waals surface area contributed by atoms with Gasteiger partial charge in [-0.25, -0.2) is 0 Å². The summed E-state index contributed by atoms with van der Waals surface area (Å²) in [6, 6.07) is 7.49. The van der Waals surface area contributed by atoms with Gasteiger partial charge in [0.05, 0.1) is 22.9 Å². The van der Waals surface area contributed by atoms with E-state index in [-0.39, 0.29) is 5.91 Å². The van der Waals surface area contributed by atoms with Crippen LogP contribution < -0.4 is 5.32 Å². The Morgan fingerprint density at radius 3 is 2.65 bits per heavy atom. The molecule has 1 aromatic carbocycles. The molecule has 0 saturated heterocycles. The Kier molecular flexibility index (Phi) is 6.20. The number of anilines is 1. The highest BCUT2D eigenvalue weighted by molar-refractivity contribution is 14.1. The van der Waals surface area contributed by atoms with Crippen LogP contribution in [0, 0.1) is 10.5 Å². The zero-order valence-electron chi connectivity index (χ0n) is 13.9. The fourth-order valence-electron chi connectivity index (χ4n) is 2.39. The number of aromatic nitrogens is 4. The number of halogens is 3. The normalized spacial score (nSPS) is 10.9. The van der Waals surface area contributed by atoms with E-state index < -0.39 is 0 Å². The number of rotatable bonds is 6. The van der Waals surface area contributed by atoms with Crippen molar-refractivity contribution in [1.29, 1.82) is 0 Å². The van der Waals surface area contributed by atoms with Crippen molar-refractivity contribution in [1.82, 2.24) is 19.6 Å². The molecule has 6 nitrogen and oxygen atoms in total. The molecule has 0 spiro atoms. The third-order valence-corrected chi connectivity index (χ3v) is 5.41. The van der Waals surface area contributed by atoms with Gasteiger partial charge in [-0.2, -0.15) is 10.2 Å². The van der Waals surface area contributed by atoms with E-state index in [4.69, 9.17) is 23.2 Å². The van der Waals surface area contributed by atoms with Crippen LogP contribution in [-0.2, 0) is 17.9 Å². The highest BCUT2D eigenvalue weighted by Crippen LogP contribution is 2.21. The van der Waals surface area contributed by atoms with Crippen molar-refractivity contribution in [3.05, 3.63) is 61.5 Å². The quantitative estimate of drug-likeness (QED) is 0.508. The first-order valence-electron chi connectivity index (χ1n) is 7.87. The van der Waals surface area contributed by atoms with Gasteiger partial charge in [-0.05, 0) is 47.2 Å². The molecule has 3 aromatic rings. The number of aryl methyl sites for hydroxylation is 1. The van der Waals surface area contributed by atoms with Crippen LogP contribution in [0.15, 0.2) is 36.7 Å². The van der Waals surface area contributed by atoms with Crippen molar-refractivity contribution in [3.8, 4) is 0 Å². The number of carbonyl (C=O) groups excluding carboxylic acids is 1. The number of hydrogen-bond donors (Lipinski definition) is 1. The lowest BCUT2D eigenvalue weighted by Gasteiger charge is -2.05. The average Bonchev–Trinajstić information content (AvgIpc) is 3.11. The minimum absolute atomic E-state index is 0.159. The molecule has 0 bridgehead atoms. The van der Waals surface area contributed by atoms with E-state index in [2.05, 4.69) is 38.1 Å². The molecule has 0 aliphatic carbocycles. The maximum atomic E-state index is 12.2. The molecule has 1 amide bonds. The molecular formula is C17H16Cl2IN5O. The lowest BCUT2D eigenvalue weighted by molar-refractivity contribution is -0.116. The monoisotopic (exact) mass is 503 g/mol. The largest absolute Gasteiger partial charge is 0.308 e. The molecule has 26 heavy (non-hydrogen) atoms. The number of nitrogens with zero attached hydrogens (tertiary/aromatic N) is 4. The van der Waals surface area contributed by atoms with Crippen molar-refractivity contribution in [2.45, 2.75) is 26.4 Å². The number of nitrogens with one attached hydrogen (secondary N) is 1. The van der Waals surface area contributed by atoms with Crippen LogP contribution in [0.25, 0.3) is 0 Å². The average molecular weight is 504 g/mol. The summed E-state index contributed by atoms with van der Waals surface area (Å²) in [4.78, 5) is 12.2. The predicted octanol–water partition coefficient (Wildman–Crippen LogP) is 4.38. The standard InChI is InChI=1S/C17H16Cl2IN5O/c1-11-15(20)8-21-25(11)7-6-16(26)22-17-14(19)10-24(23-17)9-12-2-4-13(18)5-3-12/h2-5,8,10H,6-7,9H2,1H3,(H,22,23,26). The van der Waals surface area contributed by atoms with Gasteiger partial charge in [-0.1, -0.05) is 35.3 Å². The molecule has 1 N–H and O–H groups in total. The van der Waals surface area contributed by atoms with Crippen molar-refractivity contribution in [2.75, 3.05) is 5.32 Å². The summed E-state index contributed by atoms with van der Waals surface area (Å²) in [6.45, 7) is 3.02. The van der Waals surface area contributed by atoms with Crippen LogP contribution in [0.1, 0.15) is 17.7 Å². The van der Waals surface area contributed by atoms with Gasteiger partial charge in [0.2, 0.25) is 5.91 Å². The van der Waals surface area contributed by atoms with Crippen molar-refractivity contribution in [3.63, 3.8) is 0 Å². The molecule has 0 unspecified atom stereocenters. The highest BCUT2D eigenvalue weighted by Gasteiger charge is 2.12. The van der Waals surface area contributed by atoms with Gasteiger partial charge in [0.15, 0.2) is 5.82 Å². The fraction of sp³-hybridized carbons (Fsp3) is 0.235. The third kappa shape index (κ3) is 4.77. The minimum atomic E-state index is -0.159. The van der Waals surface area contributed by atoms with E-state index in [1.54, 1.807) is 17.1 Å². The Balaban J connectivity index is 1.59. The van der Waals surface area contributed by atoms with Crippen molar-refractivity contribution >= 4 is 57.5 Å². The van der Waals surface area contributed by atoms with Crippen LogP contribution in [0.4, 0.5) is 5.82 Å². The Hall–Kier alpha value is -1.58. The van der Waals surface area contributed by atoms with Gasteiger partial charge in [-0.15, -0.1) is 0 Å². The highest BCUT2D eigenvalue weighted by atomic mass is 127. The summed E-state index contributed by atoms with van der Waals surface area (Å²) >= 11 is 14.3. The molecule has 2 aromatic heterocycles. The molecule has 0 atom stereocenters. The maximum Gasteiger partial charge on any atom is 0.227 e. The van der Waals surface area contributed by atoms with E-state index in [1.165, 1.54) is 0 Å². The van der Waals surface area contributed by atoms with Crippen LogP contribution in [-0.4, -0.2) is 25.5 Å². The molecule has 0 fully saturated rings. The van der Waals surface area contributed by atoms with Crippen molar-refractivity contribution in [2.24, 2.45) is 0 Å². The fourth-order valence-corrected chi connectivity index (χ4v) is 3.12. The summed E-state index contributed by atoms with van der Waals surface area (Å²) < 4.78 is 4.57. The molecule has 3 rings (SSSR count). The van der Waals surface area contributed by atoms with Crippen LogP contribution in [0.5, 0.6) is 0 Å². The number of benzene rings is 1. The van der Waals surface area contributed by atoms with Gasteiger partial charge in [-0.3, -0.25) is 14.2 Å². The second-order valence-electron chi connectivity index (χ2n) is 5.75. The molecule has 0 saturated carbocycles. The molecule has 0 aliphatic rings. The van der Waals surface area contributed by atoms with Crippen LogP contribution in [0.2, 0.25) is 10.0 Å². The van der Waals surface area contributed by atoms with Gasteiger partial charge in [0.25, 0.3) is 0 Å². The predicted molar refractivity (Wildman–Crippen MR) is 111 cm³/mol. The maximum absolute atomic E-state index is 12.2. The molecule has 136 valence electrons. The smallest absolute Gasteiger partial charge is 0.227 e. The number of carbonyl (C=O) groups is 1. The lowest BCUT2D eigenvalue weighted by atomic mass is 10.2. The summed E-state index contributed by atoms with van der Waals surface area (Å²) in [5, 5.41) is 12.4. The van der Waals surface area contributed by atoms with Crippen LogP contribution >= 0.6 is 45.8 Å². The van der Waals surface area contributed by atoms with Crippen molar-refractivity contribution < 1.29 is 4.79 Å². The molecule has 0 radical (unpaired) electrons. The van der Waals surface area contributed by atoms with E-state index in [9.17, 15) is 4.79 Å². The van der Waals surface area contributed by atoms with E-state index in [0.717, 1.165) is 14.8 Å². The Morgan fingerprint density at radius 1 is 1.27 bits per heavy atom. The van der Waals surface area contributed by atoms with Gasteiger partial charge in [0.1, 0.15) is 5.02 Å². The first-order chi connectivity index (χ1) is 12.4. The van der Waals surface area contributed by atoms with E-state index >= 15 is 0 Å². The molecule has 0 aliphatic heterocycles. The molecule has 9 heteroatoms.